The average molecular weight is 462 g/mol. The topological polar surface area (TPSA) is 108 Å². The molecule has 1 heterocycles. The predicted octanol–water partition coefficient (Wildman–Crippen LogP) is 6.10. The van der Waals surface area contributed by atoms with Crippen LogP contribution in [0, 0.1) is 0 Å². The molecule has 33 heavy (non-hydrogen) atoms. The Bertz CT molecular complexity index is 1290. The van der Waals surface area contributed by atoms with Gasteiger partial charge in [0.05, 0.1) is 18.1 Å². The maximum Gasteiger partial charge on any atom is 0.413 e. The van der Waals surface area contributed by atoms with Crippen LogP contribution in [0.25, 0.3) is 11.0 Å². The van der Waals surface area contributed by atoms with Gasteiger partial charge in [0.1, 0.15) is 0 Å². The number of imidazole rings is 1. The molecule has 0 saturated carbocycles. The highest BCUT2D eigenvalue weighted by Gasteiger charge is 2.08. The number of H-pyrrole nitrogens is 1. The summed E-state index contributed by atoms with van der Waals surface area (Å²) in [7, 11) is 1.30. The van der Waals surface area contributed by atoms with Gasteiger partial charge in [-0.2, -0.15) is 0 Å². The number of aryl methyl sites for hydroxylation is 1. The second kappa shape index (κ2) is 10.1. The van der Waals surface area contributed by atoms with Crippen molar-refractivity contribution in [3.63, 3.8) is 0 Å². The molecule has 0 saturated heterocycles. The van der Waals surface area contributed by atoms with Gasteiger partial charge < -0.3 is 20.4 Å². The van der Waals surface area contributed by atoms with Crippen LogP contribution >= 0.6 is 11.8 Å². The number of hydrogen-bond acceptors (Lipinski definition) is 5. The second-order valence-electron chi connectivity index (χ2n) is 7.14. The number of rotatable bonds is 6. The first-order valence-corrected chi connectivity index (χ1v) is 11.1. The number of nitrogens with one attached hydrogen (secondary N) is 4. The lowest BCUT2D eigenvalue weighted by molar-refractivity contribution is 0.186. The number of urea groups is 1. The summed E-state index contributed by atoms with van der Waals surface area (Å²) in [5, 5.41) is 8.22. The number of anilines is 3. The summed E-state index contributed by atoms with van der Waals surface area (Å²) in [6.45, 7) is 2.07. The predicted molar refractivity (Wildman–Crippen MR) is 131 cm³/mol. The molecule has 0 unspecified atom stereocenters. The SMILES string of the molecule is CCc1cccc(NC(=O)Nc2ccc(Sc3ccc4[nH]c(NC(=O)OC)nc4c3)cc2)c1. The zero-order valence-corrected chi connectivity index (χ0v) is 19.0. The highest BCUT2D eigenvalue weighted by molar-refractivity contribution is 7.99. The first-order chi connectivity index (χ1) is 16.0. The Balaban J connectivity index is 1.37. The minimum atomic E-state index is -0.583. The molecule has 3 aromatic carbocycles. The molecular weight excluding hydrogens is 438 g/mol. The quantitative estimate of drug-likeness (QED) is 0.277. The molecule has 4 aromatic rings. The summed E-state index contributed by atoms with van der Waals surface area (Å²) >= 11 is 1.57. The molecule has 8 nitrogen and oxygen atoms in total. The average Bonchev–Trinajstić information content (AvgIpc) is 3.21. The number of amides is 3. The number of benzene rings is 3. The van der Waals surface area contributed by atoms with Gasteiger partial charge in [-0.25, -0.2) is 14.6 Å². The number of nitrogens with zero attached hydrogens (tertiary/aromatic N) is 1. The van der Waals surface area contributed by atoms with E-state index in [9.17, 15) is 9.59 Å². The summed E-state index contributed by atoms with van der Waals surface area (Å²) in [6.07, 6.45) is 0.329. The molecule has 9 heteroatoms. The summed E-state index contributed by atoms with van der Waals surface area (Å²) in [4.78, 5) is 33.0. The highest BCUT2D eigenvalue weighted by Crippen LogP contribution is 2.30. The number of ether oxygens (including phenoxy) is 1. The maximum atomic E-state index is 12.3. The molecule has 0 fully saturated rings. The van der Waals surface area contributed by atoms with Gasteiger partial charge in [0.15, 0.2) is 0 Å². The Kier molecular flexibility index (Phi) is 6.80. The lowest BCUT2D eigenvalue weighted by Crippen LogP contribution is -2.19. The van der Waals surface area contributed by atoms with Crippen molar-refractivity contribution < 1.29 is 14.3 Å². The van der Waals surface area contributed by atoms with E-state index in [1.165, 1.54) is 7.11 Å². The third-order valence-electron chi connectivity index (χ3n) is 4.80. The molecule has 3 amide bonds. The van der Waals surface area contributed by atoms with Gasteiger partial charge in [-0.15, -0.1) is 0 Å². The first kappa shape index (κ1) is 22.2. The van der Waals surface area contributed by atoms with Crippen molar-refractivity contribution in [2.45, 2.75) is 23.1 Å². The number of methoxy groups -OCH3 is 1. The van der Waals surface area contributed by atoms with Gasteiger partial charge in [0.25, 0.3) is 0 Å². The van der Waals surface area contributed by atoms with Crippen LogP contribution in [-0.2, 0) is 11.2 Å². The van der Waals surface area contributed by atoms with Crippen molar-refractivity contribution in [3.05, 3.63) is 72.3 Å². The van der Waals surface area contributed by atoms with Crippen LogP contribution in [0.5, 0.6) is 0 Å². The Hall–Kier alpha value is -3.98. The van der Waals surface area contributed by atoms with E-state index in [-0.39, 0.29) is 6.03 Å². The van der Waals surface area contributed by atoms with Crippen molar-refractivity contribution in [3.8, 4) is 0 Å². The van der Waals surface area contributed by atoms with Crippen LogP contribution in [0.15, 0.2) is 76.5 Å². The Morgan fingerprint density at radius 1 is 0.939 bits per heavy atom. The van der Waals surface area contributed by atoms with Gasteiger partial charge in [-0.05, 0) is 66.6 Å². The van der Waals surface area contributed by atoms with Crippen LogP contribution < -0.4 is 16.0 Å². The monoisotopic (exact) mass is 461 g/mol. The number of carbonyl (C=O) groups is 2. The fraction of sp³-hybridized carbons (Fsp3) is 0.125. The van der Waals surface area contributed by atoms with E-state index in [0.29, 0.717) is 11.6 Å². The molecule has 4 N–H and O–H groups in total. The number of hydrogen-bond donors (Lipinski definition) is 4. The van der Waals surface area contributed by atoms with Crippen LogP contribution in [0.2, 0.25) is 0 Å². The van der Waals surface area contributed by atoms with E-state index < -0.39 is 6.09 Å². The zero-order chi connectivity index (χ0) is 23.2. The van der Waals surface area contributed by atoms with E-state index in [0.717, 1.165) is 38.5 Å². The van der Waals surface area contributed by atoms with E-state index >= 15 is 0 Å². The highest BCUT2D eigenvalue weighted by atomic mass is 32.2. The molecule has 0 aliphatic carbocycles. The van der Waals surface area contributed by atoms with Gasteiger partial charge in [-0.1, -0.05) is 30.8 Å². The summed E-state index contributed by atoms with van der Waals surface area (Å²) in [5.41, 5.74) is 4.16. The Morgan fingerprint density at radius 2 is 1.70 bits per heavy atom. The molecule has 1 aromatic heterocycles. The fourth-order valence-electron chi connectivity index (χ4n) is 3.16. The van der Waals surface area contributed by atoms with Crippen molar-refractivity contribution in [2.24, 2.45) is 0 Å². The largest absolute Gasteiger partial charge is 0.453 e. The third kappa shape index (κ3) is 5.83. The minimum Gasteiger partial charge on any atom is -0.453 e. The van der Waals surface area contributed by atoms with Crippen molar-refractivity contribution in [1.82, 2.24) is 9.97 Å². The van der Waals surface area contributed by atoms with Gasteiger partial charge >= 0.3 is 12.1 Å². The van der Waals surface area contributed by atoms with Gasteiger partial charge in [0.2, 0.25) is 5.95 Å². The molecule has 4 rings (SSSR count). The molecular formula is C24H23N5O3S. The normalized spacial score (nSPS) is 10.6. The van der Waals surface area contributed by atoms with Crippen LogP contribution in [0.3, 0.4) is 0 Å². The fourth-order valence-corrected chi connectivity index (χ4v) is 4.01. The number of fused-ring (bicyclic) bond motifs is 1. The molecule has 0 radical (unpaired) electrons. The van der Waals surface area contributed by atoms with E-state index in [2.05, 4.69) is 37.6 Å². The third-order valence-corrected chi connectivity index (χ3v) is 5.80. The second-order valence-corrected chi connectivity index (χ2v) is 8.29. The molecule has 0 aliphatic heterocycles. The maximum absolute atomic E-state index is 12.3. The van der Waals surface area contributed by atoms with Crippen LogP contribution in [-0.4, -0.2) is 29.2 Å². The molecule has 0 bridgehead atoms. The summed E-state index contributed by atoms with van der Waals surface area (Å²) < 4.78 is 4.58. The lowest BCUT2D eigenvalue weighted by Gasteiger charge is -2.09. The zero-order valence-electron chi connectivity index (χ0n) is 18.1. The van der Waals surface area contributed by atoms with Crippen molar-refractivity contribution >= 4 is 52.2 Å². The summed E-state index contributed by atoms with van der Waals surface area (Å²) in [6, 6.07) is 20.9. The molecule has 0 spiro atoms. The van der Waals surface area contributed by atoms with Crippen LogP contribution in [0.4, 0.5) is 26.9 Å². The standard InChI is InChI=1S/C24H23N5O3S/c1-3-15-5-4-6-17(13-15)26-23(30)25-16-7-9-18(10-8-16)33-19-11-12-20-21(14-19)28-22(27-20)29-24(31)32-2/h4-14H,3H2,1-2H3,(H2,25,26,30)(H2,27,28,29,31). The molecule has 0 aliphatic rings. The first-order valence-electron chi connectivity index (χ1n) is 10.3. The van der Waals surface area contributed by atoms with E-state index in [1.807, 2.05) is 66.7 Å². The van der Waals surface area contributed by atoms with E-state index in [1.54, 1.807) is 11.8 Å². The Morgan fingerprint density at radius 3 is 2.45 bits per heavy atom. The van der Waals surface area contributed by atoms with Crippen molar-refractivity contribution in [1.29, 1.82) is 0 Å². The molecule has 168 valence electrons. The van der Waals surface area contributed by atoms with Crippen LogP contribution in [0.1, 0.15) is 12.5 Å². The molecule has 0 atom stereocenters. The number of aromatic nitrogens is 2. The smallest absolute Gasteiger partial charge is 0.413 e. The minimum absolute atomic E-state index is 0.288. The van der Waals surface area contributed by atoms with Gasteiger partial charge in [-0.3, -0.25) is 5.32 Å². The van der Waals surface area contributed by atoms with Gasteiger partial charge in [0, 0.05) is 21.2 Å². The summed E-state index contributed by atoms with van der Waals surface area (Å²) in [5.74, 6) is 0.328. The van der Waals surface area contributed by atoms with Crippen molar-refractivity contribution in [2.75, 3.05) is 23.1 Å². The lowest BCUT2D eigenvalue weighted by atomic mass is 10.1. The van der Waals surface area contributed by atoms with E-state index in [4.69, 9.17) is 0 Å². The number of carbonyl (C=O) groups excluding carboxylic acids is 2. The number of aromatic amines is 1. The Labute approximate surface area is 195 Å².